The third kappa shape index (κ3) is 3.33. The SMILES string of the molecule is Cc1cc(C(O)C(O)CCN=[N+]=[N-])c(F)cc1N. The Labute approximate surface area is 103 Å². The van der Waals surface area contributed by atoms with Crippen molar-refractivity contribution in [1.29, 1.82) is 0 Å². The van der Waals surface area contributed by atoms with Crippen molar-refractivity contribution < 1.29 is 14.6 Å². The average molecular weight is 254 g/mol. The topological polar surface area (TPSA) is 115 Å². The largest absolute Gasteiger partial charge is 0.398 e. The van der Waals surface area contributed by atoms with Crippen molar-refractivity contribution in [3.8, 4) is 0 Å². The highest BCUT2D eigenvalue weighted by Crippen LogP contribution is 2.26. The van der Waals surface area contributed by atoms with E-state index in [2.05, 4.69) is 10.0 Å². The number of rotatable bonds is 5. The maximum absolute atomic E-state index is 13.6. The van der Waals surface area contributed by atoms with Gasteiger partial charge in [-0.1, -0.05) is 5.11 Å². The summed E-state index contributed by atoms with van der Waals surface area (Å²) in [7, 11) is 0. The number of azide groups is 1. The summed E-state index contributed by atoms with van der Waals surface area (Å²) in [5.41, 5.74) is 14.5. The Balaban J connectivity index is 2.85. The van der Waals surface area contributed by atoms with Crippen molar-refractivity contribution >= 4 is 5.69 Å². The number of aryl methyl sites for hydroxylation is 1. The number of benzene rings is 1. The van der Waals surface area contributed by atoms with E-state index in [0.29, 0.717) is 5.56 Å². The van der Waals surface area contributed by atoms with Crippen LogP contribution in [0.4, 0.5) is 10.1 Å². The Morgan fingerprint density at radius 3 is 2.78 bits per heavy atom. The van der Waals surface area contributed by atoms with Gasteiger partial charge in [0.1, 0.15) is 11.9 Å². The molecule has 18 heavy (non-hydrogen) atoms. The fraction of sp³-hybridized carbons (Fsp3) is 0.455. The third-order valence-corrected chi connectivity index (χ3v) is 2.66. The number of hydrogen-bond donors (Lipinski definition) is 3. The molecule has 0 radical (unpaired) electrons. The van der Waals surface area contributed by atoms with E-state index in [-0.39, 0.29) is 24.2 Å². The van der Waals surface area contributed by atoms with Crippen LogP contribution in [0.3, 0.4) is 0 Å². The van der Waals surface area contributed by atoms with Crippen LogP contribution in [-0.4, -0.2) is 22.9 Å². The summed E-state index contributed by atoms with van der Waals surface area (Å²) in [6, 6.07) is 2.50. The molecule has 4 N–H and O–H groups in total. The fourth-order valence-corrected chi connectivity index (χ4v) is 1.55. The van der Waals surface area contributed by atoms with Crippen LogP contribution < -0.4 is 5.73 Å². The minimum Gasteiger partial charge on any atom is -0.398 e. The zero-order valence-corrected chi connectivity index (χ0v) is 9.91. The van der Waals surface area contributed by atoms with E-state index >= 15 is 0 Å². The average Bonchev–Trinajstić information content (AvgIpc) is 2.33. The molecule has 0 bridgehead atoms. The van der Waals surface area contributed by atoms with Crippen LogP contribution in [-0.2, 0) is 0 Å². The predicted molar refractivity (Wildman–Crippen MR) is 65.1 cm³/mol. The van der Waals surface area contributed by atoms with Gasteiger partial charge in [-0.25, -0.2) is 4.39 Å². The smallest absolute Gasteiger partial charge is 0.131 e. The second-order valence-electron chi connectivity index (χ2n) is 3.99. The summed E-state index contributed by atoms with van der Waals surface area (Å²) in [6.07, 6.45) is -2.53. The lowest BCUT2D eigenvalue weighted by Gasteiger charge is -2.19. The molecular weight excluding hydrogens is 239 g/mol. The van der Waals surface area contributed by atoms with Crippen LogP contribution in [0.15, 0.2) is 17.2 Å². The van der Waals surface area contributed by atoms with Gasteiger partial charge in [0, 0.05) is 22.7 Å². The molecular formula is C11H15FN4O2. The van der Waals surface area contributed by atoms with Gasteiger partial charge in [0.25, 0.3) is 0 Å². The Bertz CT molecular complexity index is 474. The molecule has 0 aliphatic carbocycles. The van der Waals surface area contributed by atoms with Crippen molar-refractivity contribution in [3.05, 3.63) is 39.5 Å². The number of nitrogen functional groups attached to an aromatic ring is 1. The molecule has 98 valence electrons. The van der Waals surface area contributed by atoms with Gasteiger partial charge in [0.15, 0.2) is 0 Å². The first-order chi connectivity index (χ1) is 8.47. The van der Waals surface area contributed by atoms with Crippen molar-refractivity contribution in [1.82, 2.24) is 0 Å². The zero-order valence-electron chi connectivity index (χ0n) is 9.91. The van der Waals surface area contributed by atoms with Gasteiger partial charge in [-0.15, -0.1) is 0 Å². The number of aliphatic hydroxyl groups is 2. The number of aliphatic hydroxyl groups excluding tert-OH is 2. The number of anilines is 1. The van der Waals surface area contributed by atoms with Crippen LogP contribution in [0.25, 0.3) is 10.4 Å². The quantitative estimate of drug-likeness (QED) is 0.322. The van der Waals surface area contributed by atoms with Crippen LogP contribution >= 0.6 is 0 Å². The van der Waals surface area contributed by atoms with Gasteiger partial charge in [-0.3, -0.25) is 0 Å². The summed E-state index contributed by atoms with van der Waals surface area (Å²) in [5.74, 6) is -0.673. The molecule has 2 unspecified atom stereocenters. The summed E-state index contributed by atoms with van der Waals surface area (Å²) < 4.78 is 13.6. The molecule has 0 spiro atoms. The van der Waals surface area contributed by atoms with E-state index in [1.807, 2.05) is 0 Å². The zero-order chi connectivity index (χ0) is 13.7. The number of nitrogens with zero attached hydrogens (tertiary/aromatic N) is 3. The van der Waals surface area contributed by atoms with Gasteiger partial charge in [-0.2, -0.15) is 0 Å². The molecule has 0 amide bonds. The summed E-state index contributed by atoms with van der Waals surface area (Å²) in [4.78, 5) is 2.52. The van der Waals surface area contributed by atoms with Gasteiger partial charge >= 0.3 is 0 Å². The molecule has 0 saturated heterocycles. The van der Waals surface area contributed by atoms with Gasteiger partial charge in [0.05, 0.1) is 6.10 Å². The monoisotopic (exact) mass is 254 g/mol. The van der Waals surface area contributed by atoms with Crippen molar-refractivity contribution in [3.63, 3.8) is 0 Å². The van der Waals surface area contributed by atoms with E-state index in [1.54, 1.807) is 6.92 Å². The molecule has 0 heterocycles. The van der Waals surface area contributed by atoms with Crippen LogP contribution in [0.2, 0.25) is 0 Å². The van der Waals surface area contributed by atoms with E-state index in [9.17, 15) is 14.6 Å². The van der Waals surface area contributed by atoms with E-state index in [1.165, 1.54) is 6.07 Å². The Kier molecular flexibility index (Phi) is 4.91. The predicted octanol–water partition coefficient (Wildman–Crippen LogP) is 1.81. The second kappa shape index (κ2) is 6.20. The molecule has 0 saturated carbocycles. The van der Waals surface area contributed by atoms with Crippen molar-refractivity contribution in [2.45, 2.75) is 25.6 Å². The Hall–Kier alpha value is -1.82. The minimum absolute atomic E-state index is 0.0184. The third-order valence-electron chi connectivity index (χ3n) is 2.66. The van der Waals surface area contributed by atoms with Crippen LogP contribution in [0, 0.1) is 12.7 Å². The van der Waals surface area contributed by atoms with Crippen LogP contribution in [0.1, 0.15) is 23.7 Å². The first kappa shape index (κ1) is 14.2. The molecule has 6 nitrogen and oxygen atoms in total. The molecule has 0 aromatic heterocycles. The molecule has 1 aromatic carbocycles. The summed E-state index contributed by atoms with van der Waals surface area (Å²) >= 11 is 0. The highest BCUT2D eigenvalue weighted by Gasteiger charge is 2.21. The fourth-order valence-electron chi connectivity index (χ4n) is 1.55. The summed E-state index contributed by atoms with van der Waals surface area (Å²) in [6.45, 7) is 1.71. The maximum Gasteiger partial charge on any atom is 0.131 e. The maximum atomic E-state index is 13.6. The molecule has 0 fully saturated rings. The lowest BCUT2D eigenvalue weighted by atomic mass is 9.99. The highest BCUT2D eigenvalue weighted by molar-refractivity contribution is 5.48. The second-order valence-corrected chi connectivity index (χ2v) is 3.99. The minimum atomic E-state index is -1.38. The number of hydrogen-bond acceptors (Lipinski definition) is 4. The van der Waals surface area contributed by atoms with E-state index < -0.39 is 18.0 Å². The van der Waals surface area contributed by atoms with Gasteiger partial charge in [-0.05, 0) is 36.6 Å². The van der Waals surface area contributed by atoms with Gasteiger partial charge < -0.3 is 15.9 Å². The Morgan fingerprint density at radius 2 is 2.17 bits per heavy atom. The molecule has 2 atom stereocenters. The standard InChI is InChI=1S/C11H15FN4O2/c1-6-4-7(8(12)5-9(6)13)11(18)10(17)2-3-15-16-14/h4-5,10-11,17-18H,2-3,13H2,1H3. The molecule has 1 aromatic rings. The van der Waals surface area contributed by atoms with E-state index in [4.69, 9.17) is 11.3 Å². The first-order valence-corrected chi connectivity index (χ1v) is 5.40. The Morgan fingerprint density at radius 1 is 1.50 bits per heavy atom. The number of halogens is 1. The lowest BCUT2D eigenvalue weighted by molar-refractivity contribution is 0.0130. The normalized spacial score (nSPS) is 13.8. The van der Waals surface area contributed by atoms with Crippen LogP contribution in [0.5, 0.6) is 0 Å². The summed E-state index contributed by atoms with van der Waals surface area (Å²) in [5, 5.41) is 22.7. The van der Waals surface area contributed by atoms with E-state index in [0.717, 1.165) is 6.07 Å². The van der Waals surface area contributed by atoms with Crippen molar-refractivity contribution in [2.75, 3.05) is 12.3 Å². The number of nitrogens with two attached hydrogens (primary N) is 1. The molecule has 0 aliphatic rings. The van der Waals surface area contributed by atoms with Crippen molar-refractivity contribution in [2.24, 2.45) is 5.11 Å². The molecule has 0 aliphatic heterocycles. The van der Waals surface area contributed by atoms with Gasteiger partial charge in [0.2, 0.25) is 0 Å². The first-order valence-electron chi connectivity index (χ1n) is 5.40. The molecule has 1 rings (SSSR count). The lowest BCUT2D eigenvalue weighted by Crippen LogP contribution is -2.20. The molecule has 7 heteroatoms. The highest BCUT2D eigenvalue weighted by atomic mass is 19.1.